The van der Waals surface area contributed by atoms with E-state index in [1.165, 1.54) is 11.8 Å². The zero-order chi connectivity index (χ0) is 15.6. The largest absolute Gasteiger partial charge is 0.460 e. The number of furan rings is 1. The normalized spacial score (nSPS) is 18.0. The van der Waals surface area contributed by atoms with Crippen LogP contribution < -0.4 is 5.69 Å². The van der Waals surface area contributed by atoms with Crippen molar-refractivity contribution in [2.75, 3.05) is 6.61 Å². The summed E-state index contributed by atoms with van der Waals surface area (Å²) in [6.07, 6.45) is 2.15. The predicted molar refractivity (Wildman–Crippen MR) is 87.6 cm³/mol. The van der Waals surface area contributed by atoms with Crippen LogP contribution in [0.5, 0.6) is 0 Å². The summed E-state index contributed by atoms with van der Waals surface area (Å²) in [6, 6.07) is 9.94. The molecule has 7 heteroatoms. The van der Waals surface area contributed by atoms with Crippen molar-refractivity contribution in [3.63, 3.8) is 0 Å². The Balaban J connectivity index is 1.49. The van der Waals surface area contributed by atoms with Crippen molar-refractivity contribution >= 4 is 22.7 Å². The summed E-state index contributed by atoms with van der Waals surface area (Å²) in [7, 11) is 0. The van der Waals surface area contributed by atoms with Gasteiger partial charge in [-0.15, -0.1) is 5.10 Å². The van der Waals surface area contributed by atoms with Crippen molar-refractivity contribution in [2.45, 2.75) is 36.4 Å². The SMILES string of the molecule is O=c1[nH]nc(SCc2cc3ccccc3o2)n1CC1CCCO1. The number of aromatic amines is 1. The van der Waals surface area contributed by atoms with E-state index in [1.54, 1.807) is 4.57 Å². The molecule has 3 heterocycles. The van der Waals surface area contributed by atoms with Gasteiger partial charge >= 0.3 is 5.69 Å². The highest BCUT2D eigenvalue weighted by Gasteiger charge is 2.20. The average Bonchev–Trinajstić information content (AvgIpc) is 3.27. The lowest BCUT2D eigenvalue weighted by molar-refractivity contribution is 0.0941. The molecule has 1 fully saturated rings. The van der Waals surface area contributed by atoms with Crippen LogP contribution in [0.4, 0.5) is 0 Å². The van der Waals surface area contributed by atoms with Gasteiger partial charge in [0.1, 0.15) is 11.3 Å². The predicted octanol–water partition coefficient (Wildman–Crippen LogP) is 2.79. The molecule has 120 valence electrons. The minimum atomic E-state index is -0.187. The highest BCUT2D eigenvalue weighted by Crippen LogP contribution is 2.26. The van der Waals surface area contributed by atoms with Gasteiger partial charge in [-0.2, -0.15) is 0 Å². The molecule has 0 bridgehead atoms. The van der Waals surface area contributed by atoms with Gasteiger partial charge in [0.15, 0.2) is 5.16 Å². The lowest BCUT2D eigenvalue weighted by Gasteiger charge is -2.10. The Bertz CT molecular complexity index is 828. The molecule has 6 nitrogen and oxygen atoms in total. The molecule has 1 unspecified atom stereocenters. The lowest BCUT2D eigenvalue weighted by atomic mass is 10.2. The van der Waals surface area contributed by atoms with E-state index in [1.807, 2.05) is 30.3 Å². The van der Waals surface area contributed by atoms with E-state index in [0.717, 1.165) is 36.2 Å². The fourth-order valence-electron chi connectivity index (χ4n) is 2.81. The number of thioether (sulfide) groups is 1. The van der Waals surface area contributed by atoms with Crippen molar-refractivity contribution in [1.82, 2.24) is 14.8 Å². The van der Waals surface area contributed by atoms with E-state index >= 15 is 0 Å². The van der Waals surface area contributed by atoms with Crippen LogP contribution in [0.15, 0.2) is 44.7 Å². The Kier molecular flexibility index (Phi) is 3.97. The minimum Gasteiger partial charge on any atom is -0.460 e. The Morgan fingerprint density at radius 2 is 2.30 bits per heavy atom. The van der Waals surface area contributed by atoms with Gasteiger partial charge in [-0.3, -0.25) is 4.57 Å². The summed E-state index contributed by atoms with van der Waals surface area (Å²) in [5.41, 5.74) is 0.689. The molecule has 2 aromatic heterocycles. The second-order valence-electron chi connectivity index (χ2n) is 5.60. The van der Waals surface area contributed by atoms with Crippen LogP contribution in [0.3, 0.4) is 0 Å². The highest BCUT2D eigenvalue weighted by molar-refractivity contribution is 7.98. The van der Waals surface area contributed by atoms with Crippen molar-refractivity contribution in [2.24, 2.45) is 0 Å². The van der Waals surface area contributed by atoms with Crippen molar-refractivity contribution in [3.8, 4) is 0 Å². The van der Waals surface area contributed by atoms with Crippen molar-refractivity contribution < 1.29 is 9.15 Å². The third-order valence-corrected chi connectivity index (χ3v) is 4.95. The van der Waals surface area contributed by atoms with Gasteiger partial charge < -0.3 is 9.15 Å². The number of para-hydroxylation sites is 1. The fraction of sp³-hybridized carbons (Fsp3) is 0.375. The number of hydrogen-bond donors (Lipinski definition) is 1. The van der Waals surface area contributed by atoms with Gasteiger partial charge in [0, 0.05) is 12.0 Å². The summed E-state index contributed by atoms with van der Waals surface area (Å²) in [6.45, 7) is 1.33. The smallest absolute Gasteiger partial charge is 0.344 e. The molecule has 1 aliphatic heterocycles. The van der Waals surface area contributed by atoms with Crippen molar-refractivity contribution in [3.05, 3.63) is 46.6 Å². The number of ether oxygens (including phenoxy) is 1. The number of benzene rings is 1. The van der Waals surface area contributed by atoms with E-state index in [-0.39, 0.29) is 11.8 Å². The molecule has 1 N–H and O–H groups in total. The fourth-order valence-corrected chi connectivity index (χ4v) is 3.65. The maximum atomic E-state index is 11.9. The molecule has 1 aliphatic rings. The van der Waals surface area contributed by atoms with Gasteiger partial charge in [0.2, 0.25) is 0 Å². The monoisotopic (exact) mass is 331 g/mol. The quantitative estimate of drug-likeness (QED) is 0.728. The molecule has 0 saturated carbocycles. The summed E-state index contributed by atoms with van der Waals surface area (Å²) < 4.78 is 13.1. The third kappa shape index (κ3) is 3.07. The summed E-state index contributed by atoms with van der Waals surface area (Å²) in [5, 5.41) is 8.40. The van der Waals surface area contributed by atoms with Crippen molar-refractivity contribution in [1.29, 1.82) is 0 Å². The maximum Gasteiger partial charge on any atom is 0.344 e. The molecule has 3 aromatic rings. The third-order valence-electron chi connectivity index (χ3n) is 3.95. The maximum absolute atomic E-state index is 11.9. The van der Waals surface area contributed by atoms with E-state index in [2.05, 4.69) is 10.2 Å². The number of nitrogens with one attached hydrogen (secondary N) is 1. The first kappa shape index (κ1) is 14.6. The van der Waals surface area contributed by atoms with E-state index in [0.29, 0.717) is 17.5 Å². The zero-order valence-electron chi connectivity index (χ0n) is 12.5. The Morgan fingerprint density at radius 3 is 3.13 bits per heavy atom. The minimum absolute atomic E-state index is 0.107. The van der Waals surface area contributed by atoms with Gasteiger partial charge in [-0.25, -0.2) is 9.89 Å². The Morgan fingerprint density at radius 1 is 1.39 bits per heavy atom. The number of H-pyrrole nitrogens is 1. The number of nitrogens with zero attached hydrogens (tertiary/aromatic N) is 2. The number of aromatic nitrogens is 3. The molecular weight excluding hydrogens is 314 g/mol. The van der Waals surface area contributed by atoms with Crippen LogP contribution in [0.1, 0.15) is 18.6 Å². The van der Waals surface area contributed by atoms with Crippen LogP contribution in [0, 0.1) is 0 Å². The lowest BCUT2D eigenvalue weighted by Crippen LogP contribution is -2.24. The van der Waals surface area contributed by atoms with Crippen LogP contribution in [0.25, 0.3) is 11.0 Å². The molecule has 0 amide bonds. The van der Waals surface area contributed by atoms with Crippen LogP contribution in [-0.2, 0) is 17.0 Å². The first-order valence-corrected chi connectivity index (χ1v) is 8.65. The van der Waals surface area contributed by atoms with E-state index < -0.39 is 0 Å². The highest BCUT2D eigenvalue weighted by atomic mass is 32.2. The number of fused-ring (bicyclic) bond motifs is 1. The standard InChI is InChI=1S/C16H17N3O3S/c20-15-17-18-16(19(15)9-12-5-3-7-21-12)23-10-13-8-11-4-1-2-6-14(11)22-13/h1-2,4,6,8,12H,3,5,7,9-10H2,(H,17,20). The second-order valence-corrected chi connectivity index (χ2v) is 6.54. The molecule has 1 aromatic carbocycles. The van der Waals surface area contributed by atoms with Crippen LogP contribution in [-0.4, -0.2) is 27.5 Å². The summed E-state index contributed by atoms with van der Waals surface area (Å²) in [4.78, 5) is 11.9. The first-order chi connectivity index (χ1) is 11.3. The van der Waals surface area contributed by atoms with E-state index in [9.17, 15) is 4.79 Å². The topological polar surface area (TPSA) is 73.0 Å². The molecule has 23 heavy (non-hydrogen) atoms. The Labute approximate surface area is 136 Å². The van der Waals surface area contributed by atoms with E-state index in [4.69, 9.17) is 9.15 Å². The summed E-state index contributed by atoms with van der Waals surface area (Å²) in [5.74, 6) is 1.50. The zero-order valence-corrected chi connectivity index (χ0v) is 13.3. The van der Waals surface area contributed by atoms with Crippen LogP contribution in [0.2, 0.25) is 0 Å². The first-order valence-electron chi connectivity index (χ1n) is 7.66. The number of hydrogen-bond acceptors (Lipinski definition) is 5. The molecule has 1 atom stereocenters. The molecule has 0 radical (unpaired) electrons. The Hall–Kier alpha value is -1.99. The van der Waals surface area contributed by atoms with Gasteiger partial charge in [-0.1, -0.05) is 30.0 Å². The molecule has 0 aliphatic carbocycles. The molecule has 1 saturated heterocycles. The summed E-state index contributed by atoms with van der Waals surface area (Å²) >= 11 is 1.49. The molecule has 0 spiro atoms. The van der Waals surface area contributed by atoms with Crippen LogP contribution >= 0.6 is 11.8 Å². The van der Waals surface area contributed by atoms with Gasteiger partial charge in [0.05, 0.1) is 18.4 Å². The molecular formula is C16H17N3O3S. The average molecular weight is 331 g/mol. The second kappa shape index (κ2) is 6.25. The molecule has 4 rings (SSSR count). The van der Waals surface area contributed by atoms with Gasteiger partial charge in [-0.05, 0) is 25.0 Å². The number of rotatable bonds is 5. The van der Waals surface area contributed by atoms with Gasteiger partial charge in [0.25, 0.3) is 0 Å².